The number of nitrogens with zero attached hydrogens (tertiary/aromatic N) is 2. The van der Waals surface area contributed by atoms with Gasteiger partial charge in [0.1, 0.15) is 40.9 Å². The Morgan fingerprint density at radius 2 is 1.82 bits per heavy atom. The van der Waals surface area contributed by atoms with Crippen molar-refractivity contribution in [1.29, 1.82) is 0 Å². The Labute approximate surface area is 331 Å². The first-order valence-electron chi connectivity index (χ1n) is 19.2. The van der Waals surface area contributed by atoms with Gasteiger partial charge in [-0.05, 0) is 75.8 Å². The predicted molar refractivity (Wildman–Crippen MR) is 204 cm³/mol. The molecule has 15 nitrogen and oxygen atoms in total. The van der Waals surface area contributed by atoms with Crippen LogP contribution in [0, 0.1) is 11.7 Å². The van der Waals surface area contributed by atoms with Gasteiger partial charge in [-0.3, -0.25) is 24.0 Å². The molecule has 3 N–H and O–H groups in total. The minimum Gasteiger partial charge on any atom is -0.497 e. The van der Waals surface area contributed by atoms with Crippen LogP contribution in [0.2, 0.25) is 0 Å². The molecule has 1 aliphatic carbocycles. The van der Waals surface area contributed by atoms with Gasteiger partial charge in [-0.25, -0.2) is 22.4 Å². The van der Waals surface area contributed by atoms with E-state index >= 15 is 0 Å². The molecule has 2 aromatic carbocycles. The molecule has 1 saturated carbocycles. The number of carbonyl (C=O) groups excluding carboxylic acids is 5. The summed E-state index contributed by atoms with van der Waals surface area (Å²) in [7, 11) is -2.80. The number of hydrogen-bond donors (Lipinski definition) is 3. The maximum absolute atomic E-state index is 14.5. The second-order valence-corrected chi connectivity index (χ2v) is 17.8. The van der Waals surface area contributed by atoms with Crippen molar-refractivity contribution >= 4 is 39.9 Å². The van der Waals surface area contributed by atoms with Gasteiger partial charge < -0.3 is 29.7 Å². The molecule has 17 heteroatoms. The van der Waals surface area contributed by atoms with Gasteiger partial charge in [-0.1, -0.05) is 49.3 Å². The van der Waals surface area contributed by atoms with Crippen molar-refractivity contribution in [2.45, 2.75) is 114 Å². The molecule has 0 radical (unpaired) electrons. The van der Waals surface area contributed by atoms with Gasteiger partial charge in [0.25, 0.3) is 5.91 Å². The Morgan fingerprint density at radius 1 is 1.05 bits per heavy atom. The van der Waals surface area contributed by atoms with E-state index in [9.17, 15) is 36.8 Å². The van der Waals surface area contributed by atoms with E-state index in [-0.39, 0.29) is 38.9 Å². The Hall–Kier alpha value is -5.19. The molecule has 6 rings (SSSR count). The third-order valence-electron chi connectivity index (χ3n) is 10.5. The van der Waals surface area contributed by atoms with Crippen LogP contribution in [-0.4, -0.2) is 91.1 Å². The zero-order chi connectivity index (χ0) is 41.1. The second kappa shape index (κ2) is 16.7. The summed E-state index contributed by atoms with van der Waals surface area (Å²) >= 11 is 0. The number of amides is 5. The molecule has 4 aliphatic rings. The molecule has 1 saturated heterocycles. The van der Waals surface area contributed by atoms with Gasteiger partial charge in [0.2, 0.25) is 21.8 Å². The van der Waals surface area contributed by atoms with Crippen LogP contribution >= 0.6 is 0 Å². The fourth-order valence-corrected chi connectivity index (χ4v) is 8.75. The number of alkyl carbamates (subject to hydrolysis) is 1. The van der Waals surface area contributed by atoms with Crippen LogP contribution in [0.1, 0.15) is 82.4 Å². The standard InChI is InChI=1S/C40H50FN5O10S/c1-39(2,3)56-37(50)42-32-17-9-7-5-6-8-14-27-20-40(27,36(49)44-57(52,53)24-25-12-10-15-28(18-25)54-4)43-34(47)33-19-29(22-46(33)35(32)48)55-38(51)45-21-26-13-11-16-31(41)30(26)23-45/h8,10-16,18,27,29,32-33H,5-7,9,17,19-24H2,1-4H3,(H,42,50)(H,43,47)(H,44,49)/t27-,29-,32+,33+,40-/m1/s1. The summed E-state index contributed by atoms with van der Waals surface area (Å²) in [5.41, 5.74) is -1.12. The molecule has 57 heavy (non-hydrogen) atoms. The fourth-order valence-electron chi connectivity index (χ4n) is 7.59. The van der Waals surface area contributed by atoms with E-state index in [0.29, 0.717) is 41.7 Å². The fraction of sp³-hybridized carbons (Fsp3) is 0.525. The average Bonchev–Trinajstić information content (AvgIpc) is 3.42. The van der Waals surface area contributed by atoms with Crippen LogP contribution < -0.4 is 20.1 Å². The van der Waals surface area contributed by atoms with Gasteiger partial charge in [-0.15, -0.1) is 0 Å². The van der Waals surface area contributed by atoms with E-state index in [1.165, 1.54) is 29.0 Å². The summed E-state index contributed by atoms with van der Waals surface area (Å²) in [4.78, 5) is 71.6. The van der Waals surface area contributed by atoms with Crippen LogP contribution in [0.5, 0.6) is 5.75 Å². The smallest absolute Gasteiger partial charge is 0.410 e. The van der Waals surface area contributed by atoms with Gasteiger partial charge in [0, 0.05) is 24.4 Å². The first-order chi connectivity index (χ1) is 27.0. The Morgan fingerprint density at radius 3 is 2.56 bits per heavy atom. The summed E-state index contributed by atoms with van der Waals surface area (Å²) in [5.74, 6) is -3.39. The van der Waals surface area contributed by atoms with Crippen molar-refractivity contribution in [3.8, 4) is 5.75 Å². The lowest BCUT2D eigenvalue weighted by Crippen LogP contribution is -2.58. The molecule has 5 atom stereocenters. The van der Waals surface area contributed by atoms with Gasteiger partial charge in [0.05, 0.1) is 26.0 Å². The summed E-state index contributed by atoms with van der Waals surface area (Å²) < 4.78 is 59.7. The largest absolute Gasteiger partial charge is 0.497 e. The maximum atomic E-state index is 14.5. The van der Waals surface area contributed by atoms with Crippen molar-refractivity contribution in [3.05, 3.63) is 77.1 Å². The quantitative estimate of drug-likeness (QED) is 0.342. The highest BCUT2D eigenvalue weighted by atomic mass is 32.2. The molecule has 3 heterocycles. The van der Waals surface area contributed by atoms with Crippen LogP contribution in [0.15, 0.2) is 54.6 Å². The third-order valence-corrected chi connectivity index (χ3v) is 11.7. The van der Waals surface area contributed by atoms with Crippen LogP contribution in [0.25, 0.3) is 0 Å². The van der Waals surface area contributed by atoms with E-state index in [0.717, 1.165) is 6.42 Å². The predicted octanol–water partition coefficient (Wildman–Crippen LogP) is 4.19. The number of hydrogen-bond acceptors (Lipinski definition) is 10. The molecule has 2 fully saturated rings. The molecule has 3 aliphatic heterocycles. The van der Waals surface area contributed by atoms with Crippen molar-refractivity contribution in [2.75, 3.05) is 13.7 Å². The van der Waals surface area contributed by atoms with Crippen molar-refractivity contribution in [1.82, 2.24) is 25.2 Å². The average molecular weight is 812 g/mol. The van der Waals surface area contributed by atoms with Crippen molar-refractivity contribution in [2.24, 2.45) is 5.92 Å². The molecule has 0 spiro atoms. The molecule has 0 bridgehead atoms. The Balaban J connectivity index is 1.25. The minimum absolute atomic E-state index is 0.0186. The van der Waals surface area contributed by atoms with Crippen LogP contribution in [-0.2, 0) is 52.7 Å². The first kappa shape index (κ1) is 41.4. The van der Waals surface area contributed by atoms with Crippen LogP contribution in [0.4, 0.5) is 14.0 Å². The summed E-state index contributed by atoms with van der Waals surface area (Å²) in [6.07, 6.45) is 3.88. The zero-order valence-electron chi connectivity index (χ0n) is 32.5. The second-order valence-electron chi connectivity index (χ2n) is 16.1. The molecule has 0 unspecified atom stereocenters. The van der Waals surface area contributed by atoms with Gasteiger partial charge in [-0.2, -0.15) is 0 Å². The van der Waals surface area contributed by atoms with E-state index in [1.807, 2.05) is 6.08 Å². The molecule has 2 aromatic rings. The first-order valence-corrected chi connectivity index (χ1v) is 20.8. The van der Waals surface area contributed by atoms with Crippen LogP contribution in [0.3, 0.4) is 0 Å². The number of nitrogens with one attached hydrogen (secondary N) is 3. The summed E-state index contributed by atoms with van der Waals surface area (Å²) in [6.45, 7) is 4.93. The maximum Gasteiger partial charge on any atom is 0.410 e. The third kappa shape index (κ3) is 10.0. The number of sulfonamides is 1. The van der Waals surface area contributed by atoms with Crippen molar-refractivity contribution in [3.63, 3.8) is 0 Å². The highest BCUT2D eigenvalue weighted by Gasteiger charge is 2.61. The van der Waals surface area contributed by atoms with E-state index in [4.69, 9.17) is 14.2 Å². The van der Waals surface area contributed by atoms with E-state index in [1.54, 1.807) is 57.2 Å². The summed E-state index contributed by atoms with van der Waals surface area (Å²) in [6, 6.07) is 8.61. The Bertz CT molecular complexity index is 2040. The minimum atomic E-state index is -4.25. The number of allylic oxidation sites excluding steroid dienone is 1. The molecule has 0 aromatic heterocycles. The highest BCUT2D eigenvalue weighted by molar-refractivity contribution is 7.89. The number of ether oxygens (including phenoxy) is 3. The summed E-state index contributed by atoms with van der Waals surface area (Å²) in [5, 5.41) is 5.45. The monoisotopic (exact) mass is 811 g/mol. The van der Waals surface area contributed by atoms with Gasteiger partial charge in [0.15, 0.2) is 0 Å². The Kier molecular flexibility index (Phi) is 12.2. The number of fused-ring (bicyclic) bond motifs is 3. The topological polar surface area (TPSA) is 190 Å². The number of rotatable bonds is 7. The number of carbonyl (C=O) groups is 5. The molecular formula is C40H50FN5O10S. The van der Waals surface area contributed by atoms with Gasteiger partial charge >= 0.3 is 12.2 Å². The normalized spacial score (nSPS) is 25.1. The number of benzene rings is 2. The van der Waals surface area contributed by atoms with Crippen molar-refractivity contribution < 1.29 is 51.0 Å². The number of methoxy groups -OCH3 is 1. The zero-order valence-corrected chi connectivity index (χ0v) is 33.4. The SMILES string of the molecule is COc1cccc(CS(=O)(=O)NC(=O)[C@@]23C[C@H]2C=CCCCCC[C@H](NC(=O)OC(C)(C)C)C(=O)N2C[C@H](OC(=O)N4Cc5cccc(F)c5C4)C[C@H]2C(=O)N3)c1. The molecule has 5 amide bonds. The molecular weight excluding hydrogens is 762 g/mol. The van der Waals surface area contributed by atoms with E-state index < -0.39 is 86.7 Å². The highest BCUT2D eigenvalue weighted by Crippen LogP contribution is 2.46. The van der Waals surface area contributed by atoms with E-state index in [2.05, 4.69) is 15.4 Å². The lowest BCUT2D eigenvalue weighted by atomic mass is 10.0. The molecule has 308 valence electrons. The lowest BCUT2D eigenvalue weighted by molar-refractivity contribution is -0.141. The lowest BCUT2D eigenvalue weighted by Gasteiger charge is -2.30. The number of halogens is 1.